The lowest BCUT2D eigenvalue weighted by Crippen LogP contribution is -2.15. The molecule has 7 heteroatoms. The number of carbonyl (C=O) groups is 2. The van der Waals surface area contributed by atoms with Gasteiger partial charge in [0.15, 0.2) is 0 Å². The van der Waals surface area contributed by atoms with E-state index in [2.05, 4.69) is 4.98 Å². The molecular weight excluding hydrogens is 399 g/mol. The van der Waals surface area contributed by atoms with Crippen LogP contribution in [0.15, 0.2) is 46.9 Å². The maximum absolute atomic E-state index is 14.9. The monoisotopic (exact) mass is 422 g/mol. The van der Waals surface area contributed by atoms with Crippen LogP contribution >= 0.6 is 0 Å². The molecule has 160 valence electrons. The van der Waals surface area contributed by atoms with E-state index in [9.17, 15) is 14.0 Å². The van der Waals surface area contributed by atoms with Gasteiger partial charge in [-0.05, 0) is 49.6 Å². The molecule has 1 aliphatic heterocycles. The highest BCUT2D eigenvalue weighted by molar-refractivity contribution is 5.81. The number of esters is 1. The third kappa shape index (κ3) is 4.35. The van der Waals surface area contributed by atoms with E-state index in [4.69, 9.17) is 14.9 Å². The predicted octanol–water partition coefficient (Wildman–Crippen LogP) is 4.43. The van der Waals surface area contributed by atoms with E-state index in [0.29, 0.717) is 35.4 Å². The quantitative estimate of drug-likeness (QED) is 0.593. The van der Waals surface area contributed by atoms with Gasteiger partial charge in [-0.3, -0.25) is 9.59 Å². The van der Waals surface area contributed by atoms with E-state index in [1.165, 1.54) is 6.07 Å². The minimum absolute atomic E-state index is 0.153. The number of primary amides is 1. The molecule has 2 N–H and O–H groups in total. The number of ether oxygens (including phenoxy) is 1. The lowest BCUT2D eigenvalue weighted by Gasteiger charge is -2.10. The molecule has 0 radical (unpaired) electrons. The molecule has 6 nitrogen and oxygen atoms in total. The summed E-state index contributed by atoms with van der Waals surface area (Å²) >= 11 is 0. The number of aromatic nitrogens is 1. The van der Waals surface area contributed by atoms with Crippen LogP contribution < -0.4 is 5.73 Å². The summed E-state index contributed by atoms with van der Waals surface area (Å²) in [5.41, 5.74) is 8.51. The lowest BCUT2D eigenvalue weighted by atomic mass is 9.92. The van der Waals surface area contributed by atoms with Gasteiger partial charge in [0.2, 0.25) is 11.8 Å². The number of hydrogen-bond donors (Lipinski definition) is 1. The van der Waals surface area contributed by atoms with E-state index in [0.717, 1.165) is 17.0 Å². The fourth-order valence-corrected chi connectivity index (χ4v) is 3.78. The Morgan fingerprint density at radius 3 is 2.48 bits per heavy atom. The largest absolute Gasteiger partial charge is 0.462 e. The molecule has 0 spiro atoms. The molecule has 31 heavy (non-hydrogen) atoms. The van der Waals surface area contributed by atoms with Crippen molar-refractivity contribution < 1.29 is 23.1 Å². The highest BCUT2D eigenvalue weighted by Gasteiger charge is 2.35. The van der Waals surface area contributed by atoms with Crippen LogP contribution in [-0.2, 0) is 14.3 Å². The molecule has 0 bridgehead atoms. The average molecular weight is 422 g/mol. The molecule has 2 heterocycles. The van der Waals surface area contributed by atoms with Gasteiger partial charge >= 0.3 is 5.97 Å². The molecule has 1 aliphatic rings. The Morgan fingerprint density at radius 1 is 1.16 bits per heavy atom. The summed E-state index contributed by atoms with van der Waals surface area (Å²) in [7, 11) is 0. The van der Waals surface area contributed by atoms with E-state index < -0.39 is 23.6 Å². The Labute approximate surface area is 179 Å². The highest BCUT2D eigenvalue weighted by Crippen LogP contribution is 2.35. The molecule has 0 saturated carbocycles. The number of rotatable bonds is 6. The second-order valence-electron chi connectivity index (χ2n) is 7.83. The summed E-state index contributed by atoms with van der Waals surface area (Å²) in [5.74, 6) is -0.496. The van der Waals surface area contributed by atoms with Crippen LogP contribution in [0.25, 0.3) is 22.6 Å². The van der Waals surface area contributed by atoms with Crippen molar-refractivity contribution in [2.75, 3.05) is 0 Å². The van der Waals surface area contributed by atoms with E-state index in [-0.39, 0.29) is 12.5 Å². The molecule has 3 aromatic rings. The van der Waals surface area contributed by atoms with Crippen LogP contribution in [0, 0.1) is 19.7 Å². The molecular formula is C24H23FN2O4. The van der Waals surface area contributed by atoms with Crippen LogP contribution in [0.2, 0.25) is 0 Å². The van der Waals surface area contributed by atoms with Gasteiger partial charge in [-0.25, -0.2) is 9.37 Å². The van der Waals surface area contributed by atoms with Gasteiger partial charge in [0, 0.05) is 24.0 Å². The Morgan fingerprint density at radius 2 is 1.87 bits per heavy atom. The normalized spacial score (nSPS) is 18.2. The smallest absolute Gasteiger partial charge is 0.313 e. The topological polar surface area (TPSA) is 95.4 Å². The number of carbonyl (C=O) groups excluding carboxylic acids is 2. The summed E-state index contributed by atoms with van der Waals surface area (Å²) in [6, 6.07) is 12.1. The van der Waals surface area contributed by atoms with Crippen molar-refractivity contribution in [1.82, 2.24) is 4.98 Å². The average Bonchev–Trinajstić information content (AvgIpc) is 3.28. The molecule has 2 aromatic carbocycles. The van der Waals surface area contributed by atoms with Gasteiger partial charge in [-0.15, -0.1) is 0 Å². The third-order valence-electron chi connectivity index (χ3n) is 5.65. The fourth-order valence-electron chi connectivity index (χ4n) is 3.78. The zero-order chi connectivity index (χ0) is 22.1. The first-order valence-electron chi connectivity index (χ1n) is 10.1. The van der Waals surface area contributed by atoms with Gasteiger partial charge in [0.05, 0.1) is 11.6 Å². The number of nitrogens with two attached hydrogens (primary N) is 1. The fraction of sp³-hybridized carbons (Fsp3) is 0.292. The van der Waals surface area contributed by atoms with Crippen molar-refractivity contribution in [2.24, 2.45) is 5.73 Å². The number of oxazole rings is 1. The number of aryl methyl sites for hydroxylation is 2. The van der Waals surface area contributed by atoms with Gasteiger partial charge in [-0.1, -0.05) is 24.3 Å². The Bertz CT molecular complexity index is 1120. The summed E-state index contributed by atoms with van der Waals surface area (Å²) < 4.78 is 25.9. The molecule has 4 rings (SSSR count). The number of cyclic esters (lactones) is 1. The minimum atomic E-state index is -0.541. The predicted molar refractivity (Wildman–Crippen MR) is 112 cm³/mol. The summed E-state index contributed by atoms with van der Waals surface area (Å²) in [6.45, 7) is 3.74. The molecule has 2 atom stereocenters. The SMILES string of the molecule is Cc1nc(-c2ccc(-c3ccc([C@@H]4C[C@H](CCC(N)=O)OC4=O)cc3F)cc2)oc1C. The van der Waals surface area contributed by atoms with Crippen molar-refractivity contribution in [1.29, 1.82) is 0 Å². The van der Waals surface area contributed by atoms with E-state index >= 15 is 0 Å². The number of amides is 1. The Hall–Kier alpha value is -3.48. The van der Waals surface area contributed by atoms with Crippen LogP contribution in [0.3, 0.4) is 0 Å². The van der Waals surface area contributed by atoms with Crippen molar-refractivity contribution in [3.05, 3.63) is 65.3 Å². The van der Waals surface area contributed by atoms with Crippen LogP contribution in [0.1, 0.15) is 42.2 Å². The van der Waals surface area contributed by atoms with Crippen molar-refractivity contribution in [2.45, 2.75) is 45.1 Å². The first-order valence-corrected chi connectivity index (χ1v) is 10.1. The van der Waals surface area contributed by atoms with Crippen molar-refractivity contribution in [3.8, 4) is 22.6 Å². The summed E-state index contributed by atoms with van der Waals surface area (Å²) in [5, 5.41) is 0. The Balaban J connectivity index is 1.51. The lowest BCUT2D eigenvalue weighted by molar-refractivity contribution is -0.143. The first-order chi connectivity index (χ1) is 14.8. The molecule has 1 amide bonds. The number of halogens is 1. The van der Waals surface area contributed by atoms with Gasteiger partial charge in [-0.2, -0.15) is 0 Å². The zero-order valence-corrected chi connectivity index (χ0v) is 17.4. The third-order valence-corrected chi connectivity index (χ3v) is 5.65. The number of benzene rings is 2. The van der Waals surface area contributed by atoms with Crippen molar-refractivity contribution >= 4 is 11.9 Å². The maximum atomic E-state index is 14.9. The van der Waals surface area contributed by atoms with E-state index in [1.807, 2.05) is 38.1 Å². The second kappa shape index (κ2) is 8.34. The van der Waals surface area contributed by atoms with E-state index in [1.54, 1.807) is 12.1 Å². The molecule has 1 fully saturated rings. The van der Waals surface area contributed by atoms with Gasteiger partial charge < -0.3 is 14.9 Å². The van der Waals surface area contributed by atoms with Crippen LogP contribution in [-0.4, -0.2) is 23.0 Å². The minimum Gasteiger partial charge on any atom is -0.462 e. The number of hydrogen-bond acceptors (Lipinski definition) is 5. The van der Waals surface area contributed by atoms with Gasteiger partial charge in [0.1, 0.15) is 17.7 Å². The first kappa shape index (κ1) is 20.8. The van der Waals surface area contributed by atoms with Crippen LogP contribution in [0.4, 0.5) is 4.39 Å². The molecule has 0 aliphatic carbocycles. The van der Waals surface area contributed by atoms with Gasteiger partial charge in [0.25, 0.3) is 0 Å². The summed E-state index contributed by atoms with van der Waals surface area (Å²) in [4.78, 5) is 27.5. The maximum Gasteiger partial charge on any atom is 0.313 e. The second-order valence-corrected chi connectivity index (χ2v) is 7.83. The van der Waals surface area contributed by atoms with Crippen LogP contribution in [0.5, 0.6) is 0 Å². The highest BCUT2D eigenvalue weighted by atomic mass is 19.1. The zero-order valence-electron chi connectivity index (χ0n) is 17.4. The molecule has 1 aromatic heterocycles. The molecule has 1 saturated heterocycles. The summed E-state index contributed by atoms with van der Waals surface area (Å²) in [6.07, 6.45) is 0.575. The number of nitrogens with zero attached hydrogens (tertiary/aromatic N) is 1. The molecule has 0 unspecified atom stereocenters. The Kier molecular flexibility index (Phi) is 5.59. The standard InChI is InChI=1S/C24H23FN2O4/c1-13-14(2)30-23(27-13)16-5-3-15(4-6-16)19-9-7-17(11-21(19)25)20-12-18(31-24(20)29)8-10-22(26)28/h3-7,9,11,18,20H,8,10,12H2,1-2H3,(H2,26,28)/t18-,20-/m0/s1. The van der Waals surface area contributed by atoms with Crippen molar-refractivity contribution in [3.63, 3.8) is 0 Å².